The van der Waals surface area contributed by atoms with Gasteiger partial charge in [0.2, 0.25) is 16.0 Å². The molecule has 0 amide bonds. The molecule has 6 nitrogen and oxygen atoms in total. The van der Waals surface area contributed by atoms with E-state index in [2.05, 4.69) is 20.0 Å². The lowest BCUT2D eigenvalue weighted by Crippen LogP contribution is -2.28. The van der Waals surface area contributed by atoms with Crippen LogP contribution in [0.25, 0.3) is 11.0 Å². The van der Waals surface area contributed by atoms with Crippen LogP contribution in [0.1, 0.15) is 4.88 Å². The number of aryl methyl sites for hydroxylation is 1. The summed E-state index contributed by atoms with van der Waals surface area (Å²) < 4.78 is 27.0. The van der Waals surface area contributed by atoms with Crippen LogP contribution < -0.4 is 10.0 Å². The van der Waals surface area contributed by atoms with Crippen LogP contribution in [-0.4, -0.2) is 31.5 Å². The van der Waals surface area contributed by atoms with Crippen LogP contribution in [0.4, 0.5) is 5.95 Å². The highest BCUT2D eigenvalue weighted by Crippen LogP contribution is 2.20. The molecule has 3 rings (SSSR count). The van der Waals surface area contributed by atoms with Gasteiger partial charge in [0, 0.05) is 18.0 Å². The van der Waals surface area contributed by atoms with Crippen LogP contribution in [0.15, 0.2) is 40.6 Å². The maximum absolute atomic E-state index is 12.0. The summed E-state index contributed by atoms with van der Waals surface area (Å²) in [5, 5.41) is 3.07. The smallest absolute Gasteiger partial charge is 0.250 e. The quantitative estimate of drug-likeness (QED) is 0.603. The van der Waals surface area contributed by atoms with Gasteiger partial charge in [0.05, 0.1) is 11.0 Å². The first-order chi connectivity index (χ1) is 10.5. The first kappa shape index (κ1) is 15.0. The van der Waals surface area contributed by atoms with Crippen molar-refractivity contribution in [1.82, 2.24) is 14.7 Å². The van der Waals surface area contributed by atoms with Gasteiger partial charge in [-0.15, -0.1) is 11.3 Å². The number of benzene rings is 1. The Kier molecular flexibility index (Phi) is 4.14. The molecule has 0 saturated carbocycles. The molecule has 3 N–H and O–H groups in total. The van der Waals surface area contributed by atoms with Gasteiger partial charge in [-0.05, 0) is 31.2 Å². The summed E-state index contributed by atoms with van der Waals surface area (Å²) in [5.74, 6) is 0.632. The van der Waals surface area contributed by atoms with E-state index in [1.54, 1.807) is 12.1 Å². The van der Waals surface area contributed by atoms with E-state index in [1.807, 2.05) is 31.2 Å². The highest BCUT2D eigenvalue weighted by Gasteiger charge is 2.15. The first-order valence-electron chi connectivity index (χ1n) is 6.79. The first-order valence-corrected chi connectivity index (χ1v) is 9.09. The van der Waals surface area contributed by atoms with Crippen LogP contribution in [0.2, 0.25) is 0 Å². The number of thiophene rings is 1. The highest BCUT2D eigenvalue weighted by molar-refractivity contribution is 7.91. The monoisotopic (exact) mass is 336 g/mol. The van der Waals surface area contributed by atoms with Gasteiger partial charge in [-0.25, -0.2) is 18.1 Å². The normalized spacial score (nSPS) is 11.9. The molecule has 0 aliphatic carbocycles. The fourth-order valence-corrected chi connectivity index (χ4v) is 4.39. The molecule has 0 saturated heterocycles. The summed E-state index contributed by atoms with van der Waals surface area (Å²) in [6.07, 6.45) is 0. The number of imidazole rings is 1. The molecule has 0 fully saturated rings. The Morgan fingerprint density at radius 2 is 2.00 bits per heavy atom. The van der Waals surface area contributed by atoms with Crippen molar-refractivity contribution >= 4 is 38.3 Å². The minimum Gasteiger partial charge on any atom is -0.354 e. The number of sulfonamides is 1. The lowest BCUT2D eigenvalue weighted by atomic mass is 10.3. The Morgan fingerprint density at radius 1 is 1.18 bits per heavy atom. The van der Waals surface area contributed by atoms with E-state index in [9.17, 15) is 8.42 Å². The third-order valence-corrected chi connectivity index (χ3v) is 6.03. The molecule has 2 aromatic heterocycles. The summed E-state index contributed by atoms with van der Waals surface area (Å²) in [5.41, 5.74) is 1.82. The van der Waals surface area contributed by atoms with E-state index >= 15 is 0 Å². The fourth-order valence-electron chi connectivity index (χ4n) is 2.03. The Labute approximate surface area is 132 Å². The van der Waals surface area contributed by atoms with Crippen molar-refractivity contribution in [2.75, 3.05) is 18.4 Å². The summed E-state index contributed by atoms with van der Waals surface area (Å²) in [6, 6.07) is 11.1. The van der Waals surface area contributed by atoms with Gasteiger partial charge in [0.15, 0.2) is 0 Å². The van der Waals surface area contributed by atoms with E-state index in [1.165, 1.54) is 11.3 Å². The van der Waals surface area contributed by atoms with Crippen molar-refractivity contribution in [3.05, 3.63) is 41.3 Å². The third kappa shape index (κ3) is 3.29. The molecule has 0 bridgehead atoms. The number of aromatic nitrogens is 2. The Morgan fingerprint density at radius 3 is 2.73 bits per heavy atom. The predicted molar refractivity (Wildman–Crippen MR) is 88.8 cm³/mol. The molecule has 8 heteroatoms. The molecule has 0 spiro atoms. The van der Waals surface area contributed by atoms with Crippen LogP contribution in [0.5, 0.6) is 0 Å². The average molecular weight is 336 g/mol. The molecule has 0 atom stereocenters. The number of hydrogen-bond donors (Lipinski definition) is 3. The van der Waals surface area contributed by atoms with Crippen LogP contribution in [0, 0.1) is 6.92 Å². The standard InChI is InChI=1S/C14H16N4O2S2/c1-10-6-7-13(21-10)22(19,20)16-9-8-15-14-17-11-4-2-3-5-12(11)18-14/h2-7,16H,8-9H2,1H3,(H2,15,17,18). The van der Waals surface area contributed by atoms with Crippen molar-refractivity contribution < 1.29 is 8.42 Å². The number of hydrogen-bond acceptors (Lipinski definition) is 5. The Balaban J connectivity index is 1.55. The molecule has 116 valence electrons. The van der Waals surface area contributed by atoms with Crippen molar-refractivity contribution in [1.29, 1.82) is 0 Å². The molecule has 0 aliphatic rings. The van der Waals surface area contributed by atoms with Crippen LogP contribution >= 0.6 is 11.3 Å². The number of H-pyrrole nitrogens is 1. The molecule has 0 aliphatic heterocycles. The number of fused-ring (bicyclic) bond motifs is 1. The number of aromatic amines is 1. The SMILES string of the molecule is Cc1ccc(S(=O)(=O)NCCNc2nc3ccccc3[nH]2)s1. The summed E-state index contributed by atoms with van der Waals surface area (Å²) in [4.78, 5) is 8.47. The van der Waals surface area contributed by atoms with Crippen molar-refractivity contribution in [2.45, 2.75) is 11.1 Å². The average Bonchev–Trinajstić information content (AvgIpc) is 3.09. The highest BCUT2D eigenvalue weighted by atomic mass is 32.2. The largest absolute Gasteiger partial charge is 0.354 e. The van der Waals surface area contributed by atoms with Crippen molar-refractivity contribution in [3.8, 4) is 0 Å². The predicted octanol–water partition coefficient (Wildman–Crippen LogP) is 2.32. The number of anilines is 1. The van der Waals surface area contributed by atoms with Gasteiger partial charge in [-0.1, -0.05) is 12.1 Å². The maximum Gasteiger partial charge on any atom is 0.250 e. The third-order valence-electron chi connectivity index (χ3n) is 3.08. The van der Waals surface area contributed by atoms with Gasteiger partial charge < -0.3 is 10.3 Å². The summed E-state index contributed by atoms with van der Waals surface area (Å²) in [6.45, 7) is 2.62. The second-order valence-electron chi connectivity index (χ2n) is 4.79. The van der Waals surface area contributed by atoms with Crippen molar-refractivity contribution in [2.24, 2.45) is 0 Å². The number of nitrogens with one attached hydrogen (secondary N) is 3. The van der Waals surface area contributed by atoms with Gasteiger partial charge in [-0.3, -0.25) is 0 Å². The lowest BCUT2D eigenvalue weighted by molar-refractivity contribution is 0.585. The minimum absolute atomic E-state index is 0.288. The van der Waals surface area contributed by atoms with Crippen molar-refractivity contribution in [3.63, 3.8) is 0 Å². The molecule has 3 aromatic rings. The molecule has 0 unspecified atom stereocenters. The minimum atomic E-state index is -3.42. The van der Waals surface area contributed by atoms with Gasteiger partial charge >= 0.3 is 0 Å². The molecule has 22 heavy (non-hydrogen) atoms. The zero-order valence-electron chi connectivity index (χ0n) is 12.0. The zero-order valence-corrected chi connectivity index (χ0v) is 13.6. The van der Waals surface area contributed by atoms with Gasteiger partial charge in [-0.2, -0.15) is 0 Å². The number of nitrogens with zero attached hydrogens (tertiary/aromatic N) is 1. The van der Waals surface area contributed by atoms with Gasteiger partial charge in [0.25, 0.3) is 0 Å². The fraction of sp³-hybridized carbons (Fsp3) is 0.214. The summed E-state index contributed by atoms with van der Waals surface area (Å²) >= 11 is 1.26. The second-order valence-corrected chi connectivity index (χ2v) is 8.07. The lowest BCUT2D eigenvalue weighted by Gasteiger charge is -2.05. The molecular formula is C14H16N4O2S2. The maximum atomic E-state index is 12.0. The molecule has 1 aromatic carbocycles. The topological polar surface area (TPSA) is 86.9 Å². The number of para-hydroxylation sites is 2. The van der Waals surface area contributed by atoms with E-state index in [0.717, 1.165) is 15.9 Å². The van der Waals surface area contributed by atoms with Gasteiger partial charge in [0.1, 0.15) is 4.21 Å². The van der Waals surface area contributed by atoms with E-state index in [4.69, 9.17) is 0 Å². The van der Waals surface area contributed by atoms with Crippen LogP contribution in [-0.2, 0) is 10.0 Å². The Bertz CT molecular complexity index is 850. The van der Waals surface area contributed by atoms with Crippen LogP contribution in [0.3, 0.4) is 0 Å². The molecular weight excluding hydrogens is 320 g/mol. The summed E-state index contributed by atoms with van der Waals surface area (Å²) in [7, 11) is -3.42. The van der Waals surface area contributed by atoms with E-state index in [-0.39, 0.29) is 6.54 Å². The van der Waals surface area contributed by atoms with E-state index < -0.39 is 10.0 Å². The second kappa shape index (κ2) is 6.07. The van der Waals surface area contributed by atoms with E-state index in [0.29, 0.717) is 16.7 Å². The molecule has 0 radical (unpaired) electrons. The molecule has 2 heterocycles. The zero-order chi connectivity index (χ0) is 15.6. The Hall–Kier alpha value is -1.90. The number of rotatable bonds is 6.